The molecule has 0 aliphatic carbocycles. The summed E-state index contributed by atoms with van der Waals surface area (Å²) in [6.45, 7) is 6.09. The van der Waals surface area contributed by atoms with Crippen molar-refractivity contribution >= 4 is 52.1 Å². The third-order valence-electron chi connectivity index (χ3n) is 4.63. The molecule has 1 unspecified atom stereocenters. The Labute approximate surface area is 193 Å². The molecule has 0 bridgehead atoms. The molecule has 0 aliphatic heterocycles. The van der Waals surface area contributed by atoms with E-state index in [1.54, 1.807) is 11.8 Å². The summed E-state index contributed by atoms with van der Waals surface area (Å²) in [7, 11) is 0. The fraction of sp³-hybridized carbons (Fsp3) is 0.200. The second-order valence-corrected chi connectivity index (χ2v) is 9.03. The first-order chi connectivity index (χ1) is 14.9. The van der Waals surface area contributed by atoms with Crippen molar-refractivity contribution < 1.29 is 4.79 Å². The van der Waals surface area contributed by atoms with Crippen molar-refractivity contribution in [2.45, 2.75) is 37.3 Å². The molecule has 4 nitrogen and oxygen atoms in total. The summed E-state index contributed by atoms with van der Waals surface area (Å²) in [5.41, 5.74) is 4.96. The first-order valence-corrected chi connectivity index (χ1v) is 11.5. The van der Waals surface area contributed by atoms with Crippen LogP contribution in [0.1, 0.15) is 24.5 Å². The summed E-state index contributed by atoms with van der Waals surface area (Å²) in [5, 5.41) is 9.77. The molecule has 6 heteroatoms. The van der Waals surface area contributed by atoms with E-state index in [-0.39, 0.29) is 11.2 Å². The van der Waals surface area contributed by atoms with E-state index in [0.717, 1.165) is 33.9 Å². The lowest BCUT2D eigenvalue weighted by Crippen LogP contribution is -2.24. The van der Waals surface area contributed by atoms with Crippen LogP contribution in [-0.4, -0.2) is 16.3 Å². The Bertz CT molecular complexity index is 1050. The van der Waals surface area contributed by atoms with Crippen molar-refractivity contribution in [2.75, 3.05) is 16.0 Å². The summed E-state index contributed by atoms with van der Waals surface area (Å²) >= 11 is 6.99. The Morgan fingerprint density at radius 3 is 2.16 bits per heavy atom. The molecule has 0 aromatic heterocycles. The van der Waals surface area contributed by atoms with Crippen molar-refractivity contribution in [2.24, 2.45) is 0 Å². The lowest BCUT2D eigenvalue weighted by atomic mass is 10.2. The van der Waals surface area contributed by atoms with E-state index >= 15 is 0 Å². The number of benzene rings is 3. The van der Waals surface area contributed by atoms with Crippen LogP contribution in [0.15, 0.2) is 77.7 Å². The molecular weight excluding hydrogens is 422 g/mol. The van der Waals surface area contributed by atoms with Gasteiger partial charge in [0.2, 0.25) is 5.91 Å². The minimum Gasteiger partial charge on any atom is -0.332 e. The Morgan fingerprint density at radius 2 is 1.48 bits per heavy atom. The number of carbonyl (C=O) groups excluding carboxylic acids is 1. The molecular formula is C25H27N3OS2. The van der Waals surface area contributed by atoms with E-state index < -0.39 is 0 Å². The number of thioether (sulfide) groups is 1. The van der Waals surface area contributed by atoms with Crippen LogP contribution in [0.5, 0.6) is 0 Å². The Morgan fingerprint density at radius 1 is 0.839 bits per heavy atom. The zero-order valence-electron chi connectivity index (χ0n) is 17.9. The first kappa shape index (κ1) is 22.8. The zero-order valence-corrected chi connectivity index (χ0v) is 19.6. The summed E-state index contributed by atoms with van der Waals surface area (Å²) in [4.78, 5) is 13.8. The second kappa shape index (κ2) is 11.0. The van der Waals surface area contributed by atoms with E-state index in [1.165, 1.54) is 5.56 Å². The lowest BCUT2D eigenvalue weighted by Gasteiger charge is -2.16. The van der Waals surface area contributed by atoms with Crippen LogP contribution in [-0.2, 0) is 4.79 Å². The molecule has 1 amide bonds. The fourth-order valence-electron chi connectivity index (χ4n) is 3.01. The maximum Gasteiger partial charge on any atom is 0.237 e. The molecule has 1 atom stereocenters. The molecule has 3 N–H and O–H groups in total. The van der Waals surface area contributed by atoms with Crippen molar-refractivity contribution in [1.82, 2.24) is 0 Å². The number of rotatable bonds is 7. The van der Waals surface area contributed by atoms with Crippen LogP contribution in [0.4, 0.5) is 17.1 Å². The van der Waals surface area contributed by atoms with E-state index in [4.69, 9.17) is 12.2 Å². The fourth-order valence-corrected chi connectivity index (χ4v) is 4.26. The summed E-state index contributed by atoms with van der Waals surface area (Å²) in [6, 6.07) is 23.8. The van der Waals surface area contributed by atoms with Gasteiger partial charge in [0.05, 0.1) is 5.25 Å². The van der Waals surface area contributed by atoms with E-state index in [9.17, 15) is 4.79 Å². The second-order valence-electron chi connectivity index (χ2n) is 7.35. The SMILES string of the molecule is CCC(Sc1cccc(NC(=S)Nc2ccc(C)cc2)c1)C(=O)Nc1cccc(C)c1. The number of nitrogens with one attached hydrogen (secondary N) is 3. The van der Waals surface area contributed by atoms with Crippen molar-refractivity contribution in [3.05, 3.63) is 83.9 Å². The lowest BCUT2D eigenvalue weighted by molar-refractivity contribution is -0.115. The van der Waals surface area contributed by atoms with Crippen LogP contribution in [0.3, 0.4) is 0 Å². The Balaban J connectivity index is 1.60. The van der Waals surface area contributed by atoms with Gasteiger partial charge in [-0.3, -0.25) is 4.79 Å². The minimum atomic E-state index is -0.187. The quantitative estimate of drug-likeness (QED) is 0.279. The van der Waals surface area contributed by atoms with Gasteiger partial charge in [-0.05, 0) is 80.5 Å². The van der Waals surface area contributed by atoms with Gasteiger partial charge in [0.15, 0.2) is 5.11 Å². The summed E-state index contributed by atoms with van der Waals surface area (Å²) in [6.07, 6.45) is 0.730. The van der Waals surface area contributed by atoms with Gasteiger partial charge in [-0.1, -0.05) is 42.8 Å². The van der Waals surface area contributed by atoms with Gasteiger partial charge >= 0.3 is 0 Å². The molecule has 0 saturated carbocycles. The molecule has 0 saturated heterocycles. The molecule has 0 radical (unpaired) electrons. The number of hydrogen-bond acceptors (Lipinski definition) is 3. The first-order valence-electron chi connectivity index (χ1n) is 10.2. The van der Waals surface area contributed by atoms with Gasteiger partial charge in [-0.15, -0.1) is 11.8 Å². The van der Waals surface area contributed by atoms with Gasteiger partial charge in [-0.2, -0.15) is 0 Å². The average molecular weight is 450 g/mol. The highest BCUT2D eigenvalue weighted by atomic mass is 32.2. The highest BCUT2D eigenvalue weighted by molar-refractivity contribution is 8.00. The third-order valence-corrected chi connectivity index (χ3v) is 6.19. The van der Waals surface area contributed by atoms with Crippen LogP contribution in [0.2, 0.25) is 0 Å². The van der Waals surface area contributed by atoms with E-state index in [0.29, 0.717) is 5.11 Å². The van der Waals surface area contributed by atoms with Gasteiger partial charge in [-0.25, -0.2) is 0 Å². The van der Waals surface area contributed by atoms with Crippen molar-refractivity contribution in [3.63, 3.8) is 0 Å². The molecule has 0 aliphatic rings. The van der Waals surface area contributed by atoms with Gasteiger partial charge in [0.25, 0.3) is 0 Å². The smallest absolute Gasteiger partial charge is 0.237 e. The number of carbonyl (C=O) groups is 1. The molecule has 160 valence electrons. The molecule has 0 spiro atoms. The topological polar surface area (TPSA) is 53.2 Å². The molecule has 0 heterocycles. The maximum absolute atomic E-state index is 12.8. The zero-order chi connectivity index (χ0) is 22.2. The Kier molecular flexibility index (Phi) is 8.09. The summed E-state index contributed by atoms with van der Waals surface area (Å²) < 4.78 is 0. The van der Waals surface area contributed by atoms with Crippen molar-refractivity contribution in [1.29, 1.82) is 0 Å². The number of amides is 1. The highest BCUT2D eigenvalue weighted by Gasteiger charge is 2.18. The largest absolute Gasteiger partial charge is 0.332 e. The predicted molar refractivity (Wildman–Crippen MR) is 137 cm³/mol. The van der Waals surface area contributed by atoms with Crippen LogP contribution >= 0.6 is 24.0 Å². The van der Waals surface area contributed by atoms with Gasteiger partial charge in [0.1, 0.15) is 0 Å². The van der Waals surface area contributed by atoms with E-state index in [1.807, 2.05) is 93.6 Å². The number of hydrogen-bond donors (Lipinski definition) is 3. The Hall–Kier alpha value is -2.83. The number of aryl methyl sites for hydroxylation is 2. The molecule has 31 heavy (non-hydrogen) atoms. The summed E-state index contributed by atoms with van der Waals surface area (Å²) in [5.74, 6) is 0.00743. The average Bonchev–Trinajstić information content (AvgIpc) is 2.74. The molecule has 0 fully saturated rings. The van der Waals surface area contributed by atoms with Crippen LogP contribution < -0.4 is 16.0 Å². The van der Waals surface area contributed by atoms with Gasteiger partial charge < -0.3 is 16.0 Å². The maximum atomic E-state index is 12.8. The van der Waals surface area contributed by atoms with Crippen LogP contribution in [0.25, 0.3) is 0 Å². The van der Waals surface area contributed by atoms with Gasteiger partial charge in [0, 0.05) is 22.0 Å². The van der Waals surface area contributed by atoms with E-state index in [2.05, 4.69) is 16.0 Å². The normalized spacial score (nSPS) is 11.5. The van der Waals surface area contributed by atoms with Crippen molar-refractivity contribution in [3.8, 4) is 0 Å². The number of thiocarbonyl (C=S) groups is 1. The predicted octanol–water partition coefficient (Wildman–Crippen LogP) is 6.62. The third kappa shape index (κ3) is 7.12. The highest BCUT2D eigenvalue weighted by Crippen LogP contribution is 2.28. The number of anilines is 3. The molecule has 3 aromatic rings. The monoisotopic (exact) mass is 449 g/mol. The minimum absolute atomic E-state index is 0.00743. The molecule has 3 rings (SSSR count). The van der Waals surface area contributed by atoms with Crippen LogP contribution in [0, 0.1) is 13.8 Å². The standard InChI is InChI=1S/C25H27N3OS2/c1-4-23(24(29)26-20-8-5-7-18(3)15-20)31-22-10-6-9-21(16-22)28-25(30)27-19-13-11-17(2)12-14-19/h5-16,23H,4H2,1-3H3,(H,26,29)(H2,27,28,30). The molecule has 3 aromatic carbocycles.